The van der Waals surface area contributed by atoms with Crippen LogP contribution in [0.1, 0.15) is 36.0 Å². The summed E-state index contributed by atoms with van der Waals surface area (Å²) in [6, 6.07) is 5.15. The Balaban J connectivity index is 2.16. The Hall–Kier alpha value is -1.59. The van der Waals surface area contributed by atoms with Gasteiger partial charge in [0.1, 0.15) is 0 Å². The van der Waals surface area contributed by atoms with Gasteiger partial charge in [-0.15, -0.1) is 0 Å². The Morgan fingerprint density at radius 3 is 3.00 bits per heavy atom. The van der Waals surface area contributed by atoms with E-state index in [1.165, 1.54) is 0 Å². The molecule has 3 rings (SSSR count). The number of halogens is 1. The highest BCUT2D eigenvalue weighted by molar-refractivity contribution is 6.31. The van der Waals surface area contributed by atoms with Crippen LogP contribution in [0.25, 0.3) is 10.9 Å². The molecule has 0 radical (unpaired) electrons. The zero-order valence-electron chi connectivity index (χ0n) is 10.2. The molecule has 100 valence electrons. The molecule has 5 nitrogen and oxygen atoms in total. The van der Waals surface area contributed by atoms with Crippen molar-refractivity contribution < 1.29 is 14.6 Å². The molecule has 1 fully saturated rings. The maximum absolute atomic E-state index is 11.3. The van der Waals surface area contributed by atoms with Gasteiger partial charge in [-0.25, -0.2) is 9.48 Å². The van der Waals surface area contributed by atoms with Gasteiger partial charge in [0.2, 0.25) is 0 Å². The van der Waals surface area contributed by atoms with Gasteiger partial charge in [0.25, 0.3) is 0 Å². The van der Waals surface area contributed by atoms with Crippen LogP contribution in [-0.2, 0) is 4.74 Å². The Morgan fingerprint density at radius 1 is 1.47 bits per heavy atom. The second kappa shape index (κ2) is 4.83. The molecule has 1 aromatic heterocycles. The van der Waals surface area contributed by atoms with Crippen molar-refractivity contribution in [1.82, 2.24) is 9.78 Å². The molecule has 1 aliphatic heterocycles. The van der Waals surface area contributed by atoms with Crippen molar-refractivity contribution in [3.05, 3.63) is 28.9 Å². The number of hydrogen-bond acceptors (Lipinski definition) is 3. The second-order valence-electron chi connectivity index (χ2n) is 4.58. The molecule has 0 spiro atoms. The fraction of sp³-hybridized carbons (Fsp3) is 0.385. The van der Waals surface area contributed by atoms with E-state index in [0.29, 0.717) is 17.0 Å². The Labute approximate surface area is 114 Å². The molecular formula is C13H13ClN2O3. The van der Waals surface area contributed by atoms with E-state index in [2.05, 4.69) is 5.10 Å². The number of carboxylic acids is 1. The number of aromatic nitrogens is 2. The van der Waals surface area contributed by atoms with E-state index in [1.807, 2.05) is 0 Å². The molecule has 6 heteroatoms. The number of nitrogens with zero attached hydrogens (tertiary/aromatic N) is 2. The third kappa shape index (κ3) is 2.19. The highest BCUT2D eigenvalue weighted by Crippen LogP contribution is 2.29. The van der Waals surface area contributed by atoms with E-state index >= 15 is 0 Å². The van der Waals surface area contributed by atoms with E-state index in [0.717, 1.165) is 24.8 Å². The number of carboxylic acid groups (broad SMARTS) is 1. The third-order valence-corrected chi connectivity index (χ3v) is 3.53. The maximum Gasteiger partial charge on any atom is 0.357 e. The predicted octanol–water partition coefficient (Wildman–Crippen LogP) is 3.09. The highest BCUT2D eigenvalue weighted by atomic mass is 35.5. The van der Waals surface area contributed by atoms with Gasteiger partial charge in [-0.05, 0) is 37.5 Å². The summed E-state index contributed by atoms with van der Waals surface area (Å²) in [5.41, 5.74) is 0.764. The highest BCUT2D eigenvalue weighted by Gasteiger charge is 2.23. The van der Waals surface area contributed by atoms with Crippen LogP contribution in [0.3, 0.4) is 0 Å². The van der Waals surface area contributed by atoms with E-state index in [1.54, 1.807) is 22.9 Å². The smallest absolute Gasteiger partial charge is 0.357 e. The van der Waals surface area contributed by atoms with Gasteiger partial charge < -0.3 is 9.84 Å². The van der Waals surface area contributed by atoms with Gasteiger partial charge in [-0.1, -0.05) is 11.6 Å². The standard InChI is InChI=1S/C13H13ClN2O3/c14-8-4-5-10-9(7-8)12(13(17)18)15-16(10)11-3-1-2-6-19-11/h4-5,7,11H,1-3,6H2,(H,17,18). The van der Waals surface area contributed by atoms with Crippen LogP contribution in [0.5, 0.6) is 0 Å². The lowest BCUT2D eigenvalue weighted by atomic mass is 10.1. The quantitative estimate of drug-likeness (QED) is 0.918. The summed E-state index contributed by atoms with van der Waals surface area (Å²) in [7, 11) is 0. The van der Waals surface area contributed by atoms with E-state index < -0.39 is 5.97 Å². The molecule has 0 amide bonds. The summed E-state index contributed by atoms with van der Waals surface area (Å²) in [5.74, 6) is -1.05. The summed E-state index contributed by atoms with van der Waals surface area (Å²) in [4.78, 5) is 11.3. The fourth-order valence-corrected chi connectivity index (χ4v) is 2.58. The lowest BCUT2D eigenvalue weighted by Crippen LogP contribution is -2.19. The first-order valence-electron chi connectivity index (χ1n) is 6.19. The van der Waals surface area contributed by atoms with Crippen LogP contribution < -0.4 is 0 Å². The zero-order chi connectivity index (χ0) is 13.4. The van der Waals surface area contributed by atoms with Crippen LogP contribution in [0, 0.1) is 0 Å². The molecule has 1 atom stereocenters. The molecule has 19 heavy (non-hydrogen) atoms. The van der Waals surface area contributed by atoms with Crippen molar-refractivity contribution in [2.45, 2.75) is 25.5 Å². The van der Waals surface area contributed by atoms with E-state index in [-0.39, 0.29) is 11.9 Å². The Kier molecular flexibility index (Phi) is 3.16. The summed E-state index contributed by atoms with van der Waals surface area (Å²) < 4.78 is 7.33. The number of carbonyl (C=O) groups is 1. The zero-order valence-corrected chi connectivity index (χ0v) is 10.9. The summed E-state index contributed by atoms with van der Waals surface area (Å²) in [6.45, 7) is 0.683. The first-order valence-corrected chi connectivity index (χ1v) is 6.57. The van der Waals surface area contributed by atoms with E-state index in [4.69, 9.17) is 16.3 Å². The van der Waals surface area contributed by atoms with Crippen LogP contribution >= 0.6 is 11.6 Å². The first-order chi connectivity index (χ1) is 9.16. The predicted molar refractivity (Wildman–Crippen MR) is 70.5 cm³/mol. The lowest BCUT2D eigenvalue weighted by molar-refractivity contribution is -0.0368. The van der Waals surface area contributed by atoms with Gasteiger partial charge in [0.15, 0.2) is 11.9 Å². The normalized spacial score (nSPS) is 19.7. The number of fused-ring (bicyclic) bond motifs is 1. The average Bonchev–Trinajstić information content (AvgIpc) is 2.78. The largest absolute Gasteiger partial charge is 0.476 e. The Morgan fingerprint density at radius 2 is 2.32 bits per heavy atom. The summed E-state index contributed by atoms with van der Waals surface area (Å²) in [6.07, 6.45) is 2.75. The van der Waals surface area contributed by atoms with Crippen molar-refractivity contribution in [2.24, 2.45) is 0 Å². The lowest BCUT2D eigenvalue weighted by Gasteiger charge is -2.23. The van der Waals surface area contributed by atoms with E-state index in [9.17, 15) is 9.90 Å². The number of ether oxygens (including phenoxy) is 1. The average molecular weight is 281 g/mol. The number of benzene rings is 1. The molecule has 1 N–H and O–H groups in total. The molecule has 2 heterocycles. The van der Waals surface area contributed by atoms with Gasteiger partial charge in [0.05, 0.1) is 5.52 Å². The molecule has 0 saturated carbocycles. The van der Waals surface area contributed by atoms with Gasteiger partial charge >= 0.3 is 5.97 Å². The van der Waals surface area contributed by atoms with Crippen LogP contribution in [0.4, 0.5) is 0 Å². The maximum atomic E-state index is 11.3. The number of hydrogen-bond donors (Lipinski definition) is 1. The minimum atomic E-state index is -1.05. The summed E-state index contributed by atoms with van der Waals surface area (Å²) >= 11 is 5.93. The molecule has 2 aromatic rings. The molecular weight excluding hydrogens is 268 g/mol. The van der Waals surface area contributed by atoms with Crippen LogP contribution in [0.2, 0.25) is 5.02 Å². The van der Waals surface area contributed by atoms with Crippen molar-refractivity contribution in [3.63, 3.8) is 0 Å². The van der Waals surface area contributed by atoms with Crippen LogP contribution in [0.15, 0.2) is 18.2 Å². The third-order valence-electron chi connectivity index (χ3n) is 3.30. The molecule has 1 unspecified atom stereocenters. The van der Waals surface area contributed by atoms with Gasteiger partial charge in [0, 0.05) is 17.0 Å². The topological polar surface area (TPSA) is 64.3 Å². The van der Waals surface area contributed by atoms with Crippen LogP contribution in [-0.4, -0.2) is 27.5 Å². The monoisotopic (exact) mass is 280 g/mol. The van der Waals surface area contributed by atoms with Crippen molar-refractivity contribution in [3.8, 4) is 0 Å². The number of aromatic carboxylic acids is 1. The SMILES string of the molecule is O=C(O)c1nn(C2CCCCO2)c2ccc(Cl)cc12. The molecule has 0 aliphatic carbocycles. The number of rotatable bonds is 2. The summed E-state index contributed by atoms with van der Waals surface area (Å²) in [5, 5.41) is 14.5. The minimum absolute atomic E-state index is 0.0201. The van der Waals surface area contributed by atoms with Crippen molar-refractivity contribution in [1.29, 1.82) is 0 Å². The van der Waals surface area contributed by atoms with Gasteiger partial charge in [-0.3, -0.25) is 0 Å². The Bertz CT molecular complexity index is 632. The first kappa shape index (κ1) is 12.4. The second-order valence-corrected chi connectivity index (χ2v) is 5.02. The molecule has 1 aromatic carbocycles. The molecule has 0 bridgehead atoms. The molecule has 1 saturated heterocycles. The fourth-order valence-electron chi connectivity index (χ4n) is 2.41. The van der Waals surface area contributed by atoms with Gasteiger partial charge in [-0.2, -0.15) is 5.10 Å². The molecule has 1 aliphatic rings. The minimum Gasteiger partial charge on any atom is -0.476 e. The van der Waals surface area contributed by atoms with Crippen molar-refractivity contribution in [2.75, 3.05) is 6.61 Å². The van der Waals surface area contributed by atoms with Crippen molar-refractivity contribution >= 4 is 28.5 Å².